The molecule has 0 N–H and O–H groups in total. The van der Waals surface area contributed by atoms with Crippen LogP contribution in [-0.2, 0) is 17.9 Å². The van der Waals surface area contributed by atoms with Crippen LogP contribution in [0.25, 0.3) is 11.3 Å². The highest BCUT2D eigenvalue weighted by atomic mass is 32.1. The second-order valence-corrected chi connectivity index (χ2v) is 7.90. The van der Waals surface area contributed by atoms with Crippen molar-refractivity contribution in [1.82, 2.24) is 14.8 Å². The molecule has 6 heteroatoms. The van der Waals surface area contributed by atoms with Gasteiger partial charge in [0.2, 0.25) is 5.91 Å². The minimum atomic E-state index is -0.254. The highest BCUT2D eigenvalue weighted by Gasteiger charge is 2.21. The number of thiazole rings is 1. The van der Waals surface area contributed by atoms with Crippen LogP contribution in [0.4, 0.5) is 4.39 Å². The topological polar surface area (TPSA) is 36.4 Å². The molecule has 0 radical (unpaired) electrons. The van der Waals surface area contributed by atoms with Crippen LogP contribution in [0.15, 0.2) is 60.0 Å². The first-order chi connectivity index (χ1) is 13.7. The first-order valence-electron chi connectivity index (χ1n) is 9.42. The summed E-state index contributed by atoms with van der Waals surface area (Å²) in [6, 6.07) is 16.5. The minimum Gasteiger partial charge on any atom is -0.337 e. The lowest BCUT2D eigenvalue weighted by molar-refractivity contribution is -0.130. The maximum Gasteiger partial charge on any atom is 0.224 e. The molecular formula is C22H22FN3OS. The van der Waals surface area contributed by atoms with Crippen LogP contribution in [-0.4, -0.2) is 40.3 Å². The molecule has 2 aromatic carbocycles. The van der Waals surface area contributed by atoms with E-state index in [1.165, 1.54) is 12.1 Å². The molecule has 1 saturated heterocycles. The van der Waals surface area contributed by atoms with Crippen molar-refractivity contribution in [2.24, 2.45) is 0 Å². The van der Waals surface area contributed by atoms with E-state index >= 15 is 0 Å². The molecule has 4 rings (SSSR count). The SMILES string of the molecule is O=C1CCN(Cc2nc(-c3ccccc3)cs2)CCN1Cc1ccc(F)cc1. The van der Waals surface area contributed by atoms with E-state index in [-0.39, 0.29) is 11.7 Å². The zero-order chi connectivity index (χ0) is 19.3. The summed E-state index contributed by atoms with van der Waals surface area (Å²) < 4.78 is 13.1. The average molecular weight is 396 g/mol. The number of nitrogens with zero attached hydrogens (tertiary/aromatic N) is 3. The van der Waals surface area contributed by atoms with Gasteiger partial charge in [-0.1, -0.05) is 42.5 Å². The summed E-state index contributed by atoms with van der Waals surface area (Å²) in [6.07, 6.45) is 0.498. The average Bonchev–Trinajstić information content (AvgIpc) is 3.12. The van der Waals surface area contributed by atoms with Gasteiger partial charge in [-0.3, -0.25) is 9.69 Å². The fourth-order valence-electron chi connectivity index (χ4n) is 3.36. The Kier molecular flexibility index (Phi) is 5.78. The predicted molar refractivity (Wildman–Crippen MR) is 109 cm³/mol. The first kappa shape index (κ1) is 18.8. The summed E-state index contributed by atoms with van der Waals surface area (Å²) >= 11 is 1.66. The number of carbonyl (C=O) groups excluding carboxylic acids is 1. The van der Waals surface area contributed by atoms with E-state index in [2.05, 4.69) is 22.4 Å². The fourth-order valence-corrected chi connectivity index (χ4v) is 4.21. The molecule has 0 aliphatic carbocycles. The van der Waals surface area contributed by atoms with Gasteiger partial charge < -0.3 is 4.90 Å². The molecule has 0 bridgehead atoms. The lowest BCUT2D eigenvalue weighted by Gasteiger charge is -2.21. The molecule has 4 nitrogen and oxygen atoms in total. The molecule has 1 aliphatic heterocycles. The molecule has 144 valence electrons. The van der Waals surface area contributed by atoms with Crippen molar-refractivity contribution in [2.45, 2.75) is 19.5 Å². The van der Waals surface area contributed by atoms with Gasteiger partial charge in [-0.25, -0.2) is 9.37 Å². The normalized spacial score (nSPS) is 15.6. The Bertz CT molecular complexity index is 926. The summed E-state index contributed by atoms with van der Waals surface area (Å²) in [7, 11) is 0. The van der Waals surface area contributed by atoms with Crippen molar-refractivity contribution < 1.29 is 9.18 Å². The van der Waals surface area contributed by atoms with Crippen LogP contribution in [0, 0.1) is 5.82 Å². The fraction of sp³-hybridized carbons (Fsp3) is 0.273. The van der Waals surface area contributed by atoms with Gasteiger partial charge in [0.15, 0.2) is 0 Å². The van der Waals surface area contributed by atoms with Crippen molar-refractivity contribution in [3.05, 3.63) is 76.4 Å². The van der Waals surface area contributed by atoms with Crippen molar-refractivity contribution in [3.63, 3.8) is 0 Å². The molecule has 1 fully saturated rings. The van der Waals surface area contributed by atoms with Crippen LogP contribution in [0.5, 0.6) is 0 Å². The number of halogens is 1. The minimum absolute atomic E-state index is 0.149. The van der Waals surface area contributed by atoms with E-state index in [1.807, 2.05) is 23.1 Å². The van der Waals surface area contributed by atoms with Gasteiger partial charge in [0.05, 0.1) is 12.2 Å². The lowest BCUT2D eigenvalue weighted by atomic mass is 10.2. The van der Waals surface area contributed by atoms with Crippen molar-refractivity contribution in [1.29, 1.82) is 0 Å². The molecule has 2 heterocycles. The second-order valence-electron chi connectivity index (χ2n) is 6.96. The number of amides is 1. The Hall–Kier alpha value is -2.57. The summed E-state index contributed by atoms with van der Waals surface area (Å²) in [6.45, 7) is 3.51. The Labute approximate surface area is 168 Å². The van der Waals surface area contributed by atoms with Gasteiger partial charge in [-0.2, -0.15) is 0 Å². The van der Waals surface area contributed by atoms with Crippen LogP contribution < -0.4 is 0 Å². The molecule has 1 amide bonds. The van der Waals surface area contributed by atoms with E-state index in [1.54, 1.807) is 23.5 Å². The van der Waals surface area contributed by atoms with Gasteiger partial charge >= 0.3 is 0 Å². The zero-order valence-corrected chi connectivity index (χ0v) is 16.4. The number of benzene rings is 2. The Morgan fingerprint density at radius 1 is 0.964 bits per heavy atom. The van der Waals surface area contributed by atoms with Gasteiger partial charge in [0, 0.05) is 43.5 Å². The second kappa shape index (κ2) is 8.63. The molecule has 1 aliphatic rings. The van der Waals surface area contributed by atoms with Crippen molar-refractivity contribution >= 4 is 17.2 Å². The predicted octanol–water partition coefficient (Wildman–Crippen LogP) is 4.18. The third-order valence-corrected chi connectivity index (χ3v) is 5.78. The Morgan fingerprint density at radius 3 is 2.54 bits per heavy atom. The number of hydrogen-bond donors (Lipinski definition) is 0. The summed E-state index contributed by atoms with van der Waals surface area (Å²) in [5.74, 6) is -0.105. The van der Waals surface area contributed by atoms with E-state index in [4.69, 9.17) is 4.98 Å². The quantitative estimate of drug-likeness (QED) is 0.650. The largest absolute Gasteiger partial charge is 0.337 e. The van der Waals surface area contributed by atoms with E-state index in [9.17, 15) is 9.18 Å². The monoisotopic (exact) mass is 395 g/mol. The van der Waals surface area contributed by atoms with E-state index in [0.29, 0.717) is 19.5 Å². The molecule has 3 aromatic rings. The highest BCUT2D eigenvalue weighted by Crippen LogP contribution is 2.23. The molecule has 0 unspecified atom stereocenters. The number of aromatic nitrogens is 1. The van der Waals surface area contributed by atoms with Crippen LogP contribution in [0.2, 0.25) is 0 Å². The Balaban J connectivity index is 1.36. The lowest BCUT2D eigenvalue weighted by Crippen LogP contribution is -2.32. The zero-order valence-electron chi connectivity index (χ0n) is 15.6. The van der Waals surface area contributed by atoms with Crippen LogP contribution in [0.3, 0.4) is 0 Å². The molecule has 1 aromatic heterocycles. The summed E-state index contributed by atoms with van der Waals surface area (Å²) in [5.41, 5.74) is 3.08. The maximum atomic E-state index is 13.1. The van der Waals surface area contributed by atoms with Crippen LogP contribution >= 0.6 is 11.3 Å². The number of hydrogen-bond acceptors (Lipinski definition) is 4. The maximum absolute atomic E-state index is 13.1. The van der Waals surface area contributed by atoms with Crippen molar-refractivity contribution in [2.75, 3.05) is 19.6 Å². The van der Waals surface area contributed by atoms with E-state index < -0.39 is 0 Å². The molecule has 0 atom stereocenters. The van der Waals surface area contributed by atoms with Crippen LogP contribution in [0.1, 0.15) is 17.0 Å². The van der Waals surface area contributed by atoms with Gasteiger partial charge in [-0.15, -0.1) is 11.3 Å². The van der Waals surface area contributed by atoms with Crippen molar-refractivity contribution in [3.8, 4) is 11.3 Å². The van der Waals surface area contributed by atoms with Gasteiger partial charge in [-0.05, 0) is 17.7 Å². The van der Waals surface area contributed by atoms with Gasteiger partial charge in [0.25, 0.3) is 0 Å². The van der Waals surface area contributed by atoms with Gasteiger partial charge in [0.1, 0.15) is 10.8 Å². The summed E-state index contributed by atoms with van der Waals surface area (Å²) in [4.78, 5) is 21.4. The number of rotatable bonds is 5. The molecule has 0 saturated carbocycles. The third-order valence-electron chi connectivity index (χ3n) is 4.95. The molecule has 0 spiro atoms. The molecular weight excluding hydrogens is 373 g/mol. The number of carbonyl (C=O) groups is 1. The highest BCUT2D eigenvalue weighted by molar-refractivity contribution is 7.09. The standard InChI is InChI=1S/C22H22FN3OS/c23-19-8-6-17(7-9-19)14-26-13-12-25(11-10-22(26)27)15-21-24-20(16-28-21)18-4-2-1-3-5-18/h1-9,16H,10-15H2. The molecule has 28 heavy (non-hydrogen) atoms. The Morgan fingerprint density at radius 2 is 1.75 bits per heavy atom. The smallest absolute Gasteiger partial charge is 0.224 e. The first-order valence-corrected chi connectivity index (χ1v) is 10.3. The summed E-state index contributed by atoms with van der Waals surface area (Å²) in [5, 5.41) is 3.16. The third kappa shape index (κ3) is 4.64. The van der Waals surface area contributed by atoms with E-state index in [0.717, 1.165) is 41.5 Å².